The molecule has 0 amide bonds. The van der Waals surface area contributed by atoms with Crippen LogP contribution in [-0.4, -0.2) is 20.0 Å². The van der Waals surface area contributed by atoms with E-state index in [0.29, 0.717) is 12.2 Å². The molecule has 3 heteroatoms. The van der Waals surface area contributed by atoms with Crippen LogP contribution < -0.4 is 9.47 Å². The Morgan fingerprint density at radius 1 is 0.800 bits per heavy atom. The van der Waals surface area contributed by atoms with Gasteiger partial charge in [0.1, 0.15) is 17.3 Å². The van der Waals surface area contributed by atoms with Crippen LogP contribution in [0.25, 0.3) is 0 Å². The third-order valence-electron chi connectivity index (χ3n) is 4.99. The van der Waals surface area contributed by atoms with Gasteiger partial charge in [-0.05, 0) is 54.7 Å². The van der Waals surface area contributed by atoms with Crippen molar-refractivity contribution in [2.75, 3.05) is 14.2 Å². The van der Waals surface area contributed by atoms with Gasteiger partial charge in [0, 0.05) is 11.8 Å². The van der Waals surface area contributed by atoms with Gasteiger partial charge < -0.3 is 9.47 Å². The molecule has 2 aromatic carbocycles. The SMILES string of the molecule is CCC(=O)C(CC)(Cc1ccc(OC)cc1)Cc1ccc(OC)cc1. The van der Waals surface area contributed by atoms with Gasteiger partial charge in [-0.15, -0.1) is 0 Å². The van der Waals surface area contributed by atoms with Crippen LogP contribution in [-0.2, 0) is 17.6 Å². The maximum absolute atomic E-state index is 12.9. The standard InChI is InChI=1S/C22H28O3/c1-5-21(23)22(6-2,15-17-7-11-19(24-3)12-8-17)16-18-9-13-20(25-4)14-10-18/h7-14H,5-6,15-16H2,1-4H3. The number of hydrogen-bond acceptors (Lipinski definition) is 3. The molecule has 0 atom stereocenters. The summed E-state index contributed by atoms with van der Waals surface area (Å²) < 4.78 is 10.5. The van der Waals surface area contributed by atoms with E-state index >= 15 is 0 Å². The summed E-state index contributed by atoms with van der Waals surface area (Å²) in [5.74, 6) is 1.99. The lowest BCUT2D eigenvalue weighted by molar-refractivity contribution is -0.128. The van der Waals surface area contributed by atoms with Gasteiger partial charge in [-0.3, -0.25) is 4.79 Å². The molecule has 0 N–H and O–H groups in total. The lowest BCUT2D eigenvalue weighted by Crippen LogP contribution is -2.35. The van der Waals surface area contributed by atoms with E-state index in [4.69, 9.17) is 9.47 Å². The second-order valence-electron chi connectivity index (χ2n) is 6.46. The zero-order chi connectivity index (χ0) is 18.3. The highest BCUT2D eigenvalue weighted by Crippen LogP contribution is 2.34. The zero-order valence-electron chi connectivity index (χ0n) is 15.7. The summed E-state index contributed by atoms with van der Waals surface area (Å²) in [5, 5.41) is 0. The third kappa shape index (κ3) is 4.62. The van der Waals surface area contributed by atoms with Crippen LogP contribution in [0.4, 0.5) is 0 Å². The summed E-state index contributed by atoms with van der Waals surface area (Å²) in [4.78, 5) is 12.9. The van der Waals surface area contributed by atoms with Crippen LogP contribution >= 0.6 is 0 Å². The van der Waals surface area contributed by atoms with Crippen molar-refractivity contribution in [1.82, 2.24) is 0 Å². The van der Waals surface area contributed by atoms with Crippen molar-refractivity contribution in [2.24, 2.45) is 5.41 Å². The maximum atomic E-state index is 12.9. The first-order valence-electron chi connectivity index (χ1n) is 8.86. The summed E-state index contributed by atoms with van der Waals surface area (Å²) in [6.07, 6.45) is 2.86. The lowest BCUT2D eigenvalue weighted by Gasteiger charge is -2.32. The molecule has 2 rings (SSSR count). The first-order chi connectivity index (χ1) is 12.1. The molecular weight excluding hydrogens is 312 g/mol. The van der Waals surface area contributed by atoms with Crippen molar-refractivity contribution in [3.8, 4) is 11.5 Å². The minimum atomic E-state index is -0.377. The van der Waals surface area contributed by atoms with Gasteiger partial charge in [0.25, 0.3) is 0 Å². The molecule has 0 spiro atoms. The minimum absolute atomic E-state index is 0.321. The molecule has 0 aliphatic heterocycles. The Hall–Kier alpha value is -2.29. The lowest BCUT2D eigenvalue weighted by atomic mass is 9.70. The summed E-state index contributed by atoms with van der Waals surface area (Å²) in [7, 11) is 3.32. The normalized spacial score (nSPS) is 11.2. The Labute approximate surface area is 151 Å². The maximum Gasteiger partial charge on any atom is 0.139 e. The van der Waals surface area contributed by atoms with Crippen molar-refractivity contribution in [2.45, 2.75) is 39.5 Å². The number of benzene rings is 2. The average Bonchev–Trinajstić information content (AvgIpc) is 2.67. The molecule has 0 radical (unpaired) electrons. The number of methoxy groups -OCH3 is 2. The quantitative estimate of drug-likeness (QED) is 0.653. The largest absolute Gasteiger partial charge is 0.497 e. The highest BCUT2D eigenvalue weighted by molar-refractivity contribution is 5.85. The molecule has 0 aromatic heterocycles. The molecule has 0 bridgehead atoms. The highest BCUT2D eigenvalue weighted by Gasteiger charge is 2.35. The molecular formula is C22H28O3. The van der Waals surface area contributed by atoms with Gasteiger partial charge in [0.05, 0.1) is 14.2 Å². The zero-order valence-corrected chi connectivity index (χ0v) is 15.7. The monoisotopic (exact) mass is 340 g/mol. The van der Waals surface area contributed by atoms with E-state index in [2.05, 4.69) is 31.2 Å². The van der Waals surface area contributed by atoms with E-state index in [9.17, 15) is 4.79 Å². The Bertz CT molecular complexity index is 622. The van der Waals surface area contributed by atoms with E-state index in [-0.39, 0.29) is 5.41 Å². The van der Waals surface area contributed by atoms with Gasteiger partial charge in [-0.2, -0.15) is 0 Å². The van der Waals surface area contributed by atoms with E-state index in [1.54, 1.807) is 14.2 Å². The smallest absolute Gasteiger partial charge is 0.139 e. The second-order valence-corrected chi connectivity index (χ2v) is 6.46. The number of carbonyl (C=O) groups excluding carboxylic acids is 1. The highest BCUT2D eigenvalue weighted by atomic mass is 16.5. The van der Waals surface area contributed by atoms with E-state index < -0.39 is 0 Å². The number of ketones is 1. The Kier molecular flexibility index (Phi) is 6.63. The van der Waals surface area contributed by atoms with Gasteiger partial charge in [0.2, 0.25) is 0 Å². The summed E-state index contributed by atoms with van der Waals surface area (Å²) in [5.41, 5.74) is 1.95. The summed E-state index contributed by atoms with van der Waals surface area (Å²) in [6, 6.07) is 16.1. The molecule has 134 valence electrons. The first kappa shape index (κ1) is 19.0. The van der Waals surface area contributed by atoms with Crippen LogP contribution in [0.2, 0.25) is 0 Å². The first-order valence-corrected chi connectivity index (χ1v) is 8.86. The molecule has 0 fully saturated rings. The van der Waals surface area contributed by atoms with Gasteiger partial charge in [-0.25, -0.2) is 0 Å². The van der Waals surface area contributed by atoms with Crippen LogP contribution in [0.15, 0.2) is 48.5 Å². The van der Waals surface area contributed by atoms with Gasteiger partial charge in [0.15, 0.2) is 0 Å². The van der Waals surface area contributed by atoms with Crippen LogP contribution in [0.3, 0.4) is 0 Å². The fourth-order valence-electron chi connectivity index (χ4n) is 3.35. The van der Waals surface area contributed by atoms with E-state index in [1.165, 1.54) is 0 Å². The average molecular weight is 340 g/mol. The molecule has 0 heterocycles. The van der Waals surface area contributed by atoms with Crippen LogP contribution in [0.5, 0.6) is 11.5 Å². The molecule has 0 unspecified atom stereocenters. The number of rotatable bonds is 9. The molecule has 0 saturated carbocycles. The second kappa shape index (κ2) is 8.70. The number of ether oxygens (including phenoxy) is 2. The van der Waals surface area contributed by atoms with E-state index in [1.807, 2.05) is 31.2 Å². The molecule has 0 aliphatic rings. The number of Topliss-reactive ketones (excluding diaryl/α,β-unsaturated/α-hetero) is 1. The molecule has 3 nitrogen and oxygen atoms in total. The topological polar surface area (TPSA) is 35.5 Å². The van der Waals surface area contributed by atoms with Gasteiger partial charge >= 0.3 is 0 Å². The molecule has 0 saturated heterocycles. The Balaban J connectivity index is 2.29. The van der Waals surface area contributed by atoms with Crippen molar-refractivity contribution < 1.29 is 14.3 Å². The fraction of sp³-hybridized carbons (Fsp3) is 0.409. The van der Waals surface area contributed by atoms with Gasteiger partial charge in [-0.1, -0.05) is 38.1 Å². The van der Waals surface area contributed by atoms with Crippen LogP contribution in [0, 0.1) is 5.41 Å². The van der Waals surface area contributed by atoms with Crippen LogP contribution in [0.1, 0.15) is 37.8 Å². The Morgan fingerprint density at radius 2 is 1.20 bits per heavy atom. The summed E-state index contributed by atoms with van der Waals surface area (Å²) in [6.45, 7) is 4.06. The van der Waals surface area contributed by atoms with Crippen molar-refractivity contribution in [3.05, 3.63) is 59.7 Å². The Morgan fingerprint density at radius 3 is 1.48 bits per heavy atom. The van der Waals surface area contributed by atoms with Crippen molar-refractivity contribution >= 4 is 5.78 Å². The summed E-state index contributed by atoms with van der Waals surface area (Å²) >= 11 is 0. The predicted molar refractivity (Wildman–Crippen MR) is 101 cm³/mol. The molecule has 2 aromatic rings. The minimum Gasteiger partial charge on any atom is -0.497 e. The molecule has 25 heavy (non-hydrogen) atoms. The van der Waals surface area contributed by atoms with E-state index in [0.717, 1.165) is 41.9 Å². The predicted octanol–water partition coefficient (Wildman–Crippen LogP) is 4.86. The van der Waals surface area contributed by atoms with Crippen molar-refractivity contribution in [1.29, 1.82) is 0 Å². The van der Waals surface area contributed by atoms with Crippen molar-refractivity contribution in [3.63, 3.8) is 0 Å². The fourth-order valence-corrected chi connectivity index (χ4v) is 3.35. The molecule has 0 aliphatic carbocycles. The number of carbonyl (C=O) groups is 1. The number of hydrogen-bond donors (Lipinski definition) is 0. The third-order valence-corrected chi connectivity index (χ3v) is 4.99.